The van der Waals surface area contributed by atoms with Gasteiger partial charge < -0.3 is 14.5 Å². The fourth-order valence-electron chi connectivity index (χ4n) is 2.98. The van der Waals surface area contributed by atoms with E-state index in [2.05, 4.69) is 11.6 Å². The van der Waals surface area contributed by atoms with Crippen LogP contribution in [0.2, 0.25) is 0 Å². The number of hydrogen-bond acceptors (Lipinski definition) is 2. The number of halogens is 1. The van der Waals surface area contributed by atoms with E-state index in [1.807, 2.05) is 25.2 Å². The standard InChI is InChI=1S/C19H20FNO2/c1-4-5-6-14-12(2)21-18-15(14)9-10-23-19(18)16-11-13(22-3)7-8-17(16)20/h4-8,11,19,21H,2,9-10H2,1,3H3. The van der Waals surface area contributed by atoms with Crippen molar-refractivity contribution in [3.05, 3.63) is 63.6 Å². The molecule has 0 bridgehead atoms. The quantitative estimate of drug-likeness (QED) is 0.945. The molecular formula is C19H20FNO2. The summed E-state index contributed by atoms with van der Waals surface area (Å²) >= 11 is 0. The molecule has 0 radical (unpaired) electrons. The molecule has 4 heteroatoms. The van der Waals surface area contributed by atoms with E-state index in [0.717, 1.165) is 28.2 Å². The maximum absolute atomic E-state index is 14.3. The molecule has 0 fully saturated rings. The number of aromatic nitrogens is 1. The van der Waals surface area contributed by atoms with E-state index in [-0.39, 0.29) is 5.82 Å². The molecule has 1 aromatic carbocycles. The number of H-pyrrole nitrogens is 1. The van der Waals surface area contributed by atoms with Crippen molar-refractivity contribution >= 4 is 12.7 Å². The van der Waals surface area contributed by atoms with Crippen LogP contribution >= 0.6 is 0 Å². The molecule has 3 rings (SSSR count). The first kappa shape index (κ1) is 15.6. The lowest BCUT2D eigenvalue weighted by atomic mass is 9.98. The second kappa shape index (κ2) is 6.42. The molecule has 0 aliphatic carbocycles. The van der Waals surface area contributed by atoms with Crippen LogP contribution in [0.1, 0.15) is 29.8 Å². The smallest absolute Gasteiger partial charge is 0.129 e. The van der Waals surface area contributed by atoms with Crippen molar-refractivity contribution < 1.29 is 13.9 Å². The molecule has 23 heavy (non-hydrogen) atoms. The van der Waals surface area contributed by atoms with Gasteiger partial charge in [0, 0.05) is 16.1 Å². The fourth-order valence-corrected chi connectivity index (χ4v) is 2.98. The van der Waals surface area contributed by atoms with E-state index in [1.54, 1.807) is 19.2 Å². The lowest BCUT2D eigenvalue weighted by Gasteiger charge is -2.24. The number of hydrogen-bond donors (Lipinski definition) is 1. The summed E-state index contributed by atoms with van der Waals surface area (Å²) in [6.45, 7) is 6.58. The number of ether oxygens (including phenoxy) is 2. The van der Waals surface area contributed by atoms with Crippen molar-refractivity contribution in [1.29, 1.82) is 0 Å². The van der Waals surface area contributed by atoms with Gasteiger partial charge in [-0.1, -0.05) is 24.8 Å². The van der Waals surface area contributed by atoms with Crippen molar-refractivity contribution in [3.63, 3.8) is 0 Å². The molecule has 2 heterocycles. The van der Waals surface area contributed by atoms with Gasteiger partial charge in [0.05, 0.1) is 19.4 Å². The molecule has 3 nitrogen and oxygen atoms in total. The predicted molar refractivity (Wildman–Crippen MR) is 89.3 cm³/mol. The molecule has 0 saturated heterocycles. The van der Waals surface area contributed by atoms with Gasteiger partial charge >= 0.3 is 0 Å². The lowest BCUT2D eigenvalue weighted by molar-refractivity contribution is 0.0646. The van der Waals surface area contributed by atoms with Crippen LogP contribution in [-0.4, -0.2) is 18.7 Å². The Kier molecular flexibility index (Phi) is 4.35. The SMILES string of the molecule is C=c1[nH]c2c(c1=CC=CC)CCOC2c1cc(OC)ccc1F. The normalized spacial score (nSPS) is 18.4. The monoisotopic (exact) mass is 313 g/mol. The molecule has 120 valence electrons. The summed E-state index contributed by atoms with van der Waals surface area (Å²) in [4.78, 5) is 3.28. The minimum absolute atomic E-state index is 0.303. The van der Waals surface area contributed by atoms with Crippen molar-refractivity contribution in [1.82, 2.24) is 4.98 Å². The lowest BCUT2D eigenvalue weighted by Crippen LogP contribution is -2.25. The Labute approximate surface area is 134 Å². The zero-order valence-corrected chi connectivity index (χ0v) is 13.4. The van der Waals surface area contributed by atoms with Crippen LogP contribution in [0, 0.1) is 5.82 Å². The van der Waals surface area contributed by atoms with E-state index in [4.69, 9.17) is 9.47 Å². The van der Waals surface area contributed by atoms with Gasteiger partial charge in [-0.15, -0.1) is 0 Å². The average molecular weight is 313 g/mol. The van der Waals surface area contributed by atoms with Crippen LogP contribution < -0.4 is 15.3 Å². The first-order chi connectivity index (χ1) is 11.2. The molecule has 0 saturated carbocycles. The fraction of sp³-hybridized carbons (Fsp3) is 0.263. The summed E-state index contributed by atoms with van der Waals surface area (Å²) in [7, 11) is 1.57. The maximum atomic E-state index is 14.3. The summed E-state index contributed by atoms with van der Waals surface area (Å²) in [5, 5.41) is 1.89. The van der Waals surface area contributed by atoms with Crippen LogP contribution in [-0.2, 0) is 11.2 Å². The molecule has 1 aliphatic rings. The average Bonchev–Trinajstić information content (AvgIpc) is 2.89. The second-order valence-electron chi connectivity index (χ2n) is 5.49. The number of nitrogens with one attached hydrogen (secondary N) is 1. The highest BCUT2D eigenvalue weighted by Gasteiger charge is 2.27. The number of aromatic amines is 1. The van der Waals surface area contributed by atoms with Crippen LogP contribution in [0.5, 0.6) is 5.75 Å². The highest BCUT2D eigenvalue weighted by Crippen LogP contribution is 2.33. The largest absolute Gasteiger partial charge is 0.497 e. The van der Waals surface area contributed by atoms with Crippen molar-refractivity contribution in [2.75, 3.05) is 13.7 Å². The molecule has 2 aromatic rings. The number of allylic oxidation sites excluding steroid dienone is 2. The third kappa shape index (κ3) is 2.82. The zero-order valence-electron chi connectivity index (χ0n) is 13.4. The predicted octanol–water partition coefficient (Wildman–Crippen LogP) is 2.59. The van der Waals surface area contributed by atoms with E-state index < -0.39 is 6.10 Å². The van der Waals surface area contributed by atoms with Gasteiger partial charge in [-0.3, -0.25) is 0 Å². The topological polar surface area (TPSA) is 34.2 Å². The van der Waals surface area contributed by atoms with Crippen molar-refractivity contribution in [2.45, 2.75) is 19.4 Å². The van der Waals surface area contributed by atoms with Crippen LogP contribution in [0.25, 0.3) is 12.7 Å². The second-order valence-corrected chi connectivity index (χ2v) is 5.49. The van der Waals surface area contributed by atoms with Gasteiger partial charge in [0.25, 0.3) is 0 Å². The van der Waals surface area contributed by atoms with Crippen molar-refractivity contribution in [2.24, 2.45) is 0 Å². The third-order valence-electron chi connectivity index (χ3n) is 4.10. The maximum Gasteiger partial charge on any atom is 0.129 e. The van der Waals surface area contributed by atoms with Crippen molar-refractivity contribution in [3.8, 4) is 5.75 Å². The summed E-state index contributed by atoms with van der Waals surface area (Å²) in [5.74, 6) is 0.307. The van der Waals surface area contributed by atoms with Crippen LogP contribution in [0.3, 0.4) is 0 Å². The van der Waals surface area contributed by atoms with E-state index in [9.17, 15) is 4.39 Å². The van der Waals surface area contributed by atoms with Crippen LogP contribution in [0.4, 0.5) is 4.39 Å². The Morgan fingerprint density at radius 1 is 1.43 bits per heavy atom. The summed E-state index contributed by atoms with van der Waals surface area (Å²) in [5.41, 5.74) is 2.50. The summed E-state index contributed by atoms with van der Waals surface area (Å²) < 4.78 is 25.4. The zero-order chi connectivity index (χ0) is 16.4. The molecule has 1 atom stereocenters. The first-order valence-corrected chi connectivity index (χ1v) is 7.63. The summed E-state index contributed by atoms with van der Waals surface area (Å²) in [6.07, 6.45) is 6.29. The third-order valence-corrected chi connectivity index (χ3v) is 4.10. The number of methoxy groups -OCH3 is 1. The Morgan fingerprint density at radius 3 is 3.00 bits per heavy atom. The molecule has 0 amide bonds. The van der Waals surface area contributed by atoms with Gasteiger partial charge in [0.15, 0.2) is 0 Å². The molecule has 1 aromatic heterocycles. The van der Waals surface area contributed by atoms with Gasteiger partial charge in [-0.2, -0.15) is 0 Å². The van der Waals surface area contributed by atoms with E-state index in [1.165, 1.54) is 6.07 Å². The van der Waals surface area contributed by atoms with Gasteiger partial charge in [0.2, 0.25) is 0 Å². The Morgan fingerprint density at radius 2 is 2.26 bits per heavy atom. The molecule has 1 unspecified atom stereocenters. The Bertz CT molecular complexity index is 851. The van der Waals surface area contributed by atoms with E-state index >= 15 is 0 Å². The number of fused-ring (bicyclic) bond motifs is 1. The molecule has 0 spiro atoms. The Hall–Kier alpha value is -2.33. The Balaban J connectivity index is 2.15. The van der Waals surface area contributed by atoms with Gasteiger partial charge in [-0.05, 0) is 37.1 Å². The molecule has 1 N–H and O–H groups in total. The van der Waals surface area contributed by atoms with Gasteiger partial charge in [0.1, 0.15) is 17.7 Å². The number of rotatable bonds is 3. The van der Waals surface area contributed by atoms with Crippen LogP contribution in [0.15, 0.2) is 30.4 Å². The minimum atomic E-state index is -0.470. The first-order valence-electron chi connectivity index (χ1n) is 7.63. The number of benzene rings is 1. The highest BCUT2D eigenvalue weighted by molar-refractivity contribution is 5.45. The molecular weight excluding hydrogens is 293 g/mol. The minimum Gasteiger partial charge on any atom is -0.497 e. The van der Waals surface area contributed by atoms with E-state index in [0.29, 0.717) is 17.9 Å². The van der Waals surface area contributed by atoms with Gasteiger partial charge in [-0.25, -0.2) is 4.39 Å². The molecule has 1 aliphatic heterocycles. The summed E-state index contributed by atoms with van der Waals surface area (Å²) in [6, 6.07) is 4.70. The highest BCUT2D eigenvalue weighted by atomic mass is 19.1.